The number of nitrogens with zero attached hydrogens (tertiary/aromatic N) is 3. The molecule has 6 nitrogen and oxygen atoms in total. The number of carbonyl (C=O) groups excluding carboxylic acids is 1. The lowest BCUT2D eigenvalue weighted by atomic mass is 10.0. The van der Waals surface area contributed by atoms with Crippen molar-refractivity contribution in [2.24, 2.45) is 0 Å². The Morgan fingerprint density at radius 2 is 2.12 bits per heavy atom. The summed E-state index contributed by atoms with van der Waals surface area (Å²) in [4.78, 5) is 14.7. The van der Waals surface area contributed by atoms with Crippen molar-refractivity contribution in [2.75, 3.05) is 33.7 Å². The van der Waals surface area contributed by atoms with Gasteiger partial charge in [-0.25, -0.2) is 0 Å². The molecule has 0 aliphatic carbocycles. The van der Waals surface area contributed by atoms with E-state index in [1.807, 2.05) is 25.0 Å². The number of hydrogen-bond acceptors (Lipinski definition) is 4. The first kappa shape index (κ1) is 18.6. The van der Waals surface area contributed by atoms with Crippen molar-refractivity contribution in [1.82, 2.24) is 25.3 Å². The highest BCUT2D eigenvalue weighted by Gasteiger charge is 2.19. The highest BCUT2D eigenvalue weighted by Crippen LogP contribution is 2.18. The van der Waals surface area contributed by atoms with Crippen molar-refractivity contribution in [3.63, 3.8) is 0 Å². The molecular weight excluding hydrogens is 326 g/mol. The van der Waals surface area contributed by atoms with Gasteiger partial charge in [0.25, 0.3) is 5.91 Å². The van der Waals surface area contributed by atoms with Crippen LogP contribution in [-0.2, 0) is 0 Å². The summed E-state index contributed by atoms with van der Waals surface area (Å²) in [5, 5.41) is 10.9. The van der Waals surface area contributed by atoms with E-state index in [2.05, 4.69) is 51.8 Å². The molecule has 1 aromatic carbocycles. The Bertz CT molecular complexity index is 716. The summed E-state index contributed by atoms with van der Waals surface area (Å²) in [6.07, 6.45) is 4.16. The number of hydrogen-bond donors (Lipinski definition) is 2. The smallest absolute Gasteiger partial charge is 0.271 e. The van der Waals surface area contributed by atoms with E-state index < -0.39 is 0 Å². The highest BCUT2D eigenvalue weighted by molar-refractivity contribution is 5.92. The van der Waals surface area contributed by atoms with Gasteiger partial charge in [-0.05, 0) is 52.0 Å². The van der Waals surface area contributed by atoms with Crippen LogP contribution in [0.5, 0.6) is 0 Å². The minimum absolute atomic E-state index is 0.119. The first-order chi connectivity index (χ1) is 12.5. The van der Waals surface area contributed by atoms with Crippen LogP contribution in [0.3, 0.4) is 0 Å². The standard InChI is InChI=1S/C20H29N5O/c1-15-6-8-16(9-7-15)19(24(2)3)14-22-20(26)18-10-12-25(23-18)17-5-4-11-21-13-17/h6-10,12,17,19,21H,4-5,11,13-14H2,1-3H3,(H,22,26). The van der Waals surface area contributed by atoms with Crippen LogP contribution < -0.4 is 10.6 Å². The zero-order valence-corrected chi connectivity index (χ0v) is 15.9. The lowest BCUT2D eigenvalue weighted by molar-refractivity contribution is 0.0935. The number of likely N-dealkylation sites (N-methyl/N-ethyl adjacent to an activating group) is 1. The van der Waals surface area contributed by atoms with E-state index in [0.29, 0.717) is 18.3 Å². The Hall–Kier alpha value is -2.18. The van der Waals surface area contributed by atoms with Crippen molar-refractivity contribution in [3.8, 4) is 0 Å². The average molecular weight is 355 g/mol. The van der Waals surface area contributed by atoms with Crippen LogP contribution >= 0.6 is 0 Å². The van der Waals surface area contributed by atoms with Crippen molar-refractivity contribution in [3.05, 3.63) is 53.3 Å². The van der Waals surface area contributed by atoms with Gasteiger partial charge in [0.15, 0.2) is 0 Å². The minimum atomic E-state index is -0.119. The van der Waals surface area contributed by atoms with E-state index in [9.17, 15) is 4.79 Å². The molecule has 2 aromatic rings. The third kappa shape index (κ3) is 4.51. The predicted molar refractivity (Wildman–Crippen MR) is 103 cm³/mol. The van der Waals surface area contributed by atoms with Gasteiger partial charge in [-0.3, -0.25) is 9.48 Å². The predicted octanol–water partition coefficient (Wildman–Crippen LogP) is 2.15. The molecule has 6 heteroatoms. The molecule has 2 heterocycles. The van der Waals surface area contributed by atoms with E-state index in [-0.39, 0.29) is 11.9 Å². The number of carbonyl (C=O) groups is 1. The maximum atomic E-state index is 12.5. The molecule has 2 atom stereocenters. The second kappa shape index (κ2) is 8.47. The van der Waals surface area contributed by atoms with E-state index in [1.54, 1.807) is 6.07 Å². The first-order valence-corrected chi connectivity index (χ1v) is 9.31. The molecule has 1 aliphatic heterocycles. The minimum Gasteiger partial charge on any atom is -0.349 e. The van der Waals surface area contributed by atoms with E-state index in [1.165, 1.54) is 11.1 Å². The van der Waals surface area contributed by atoms with Crippen molar-refractivity contribution >= 4 is 5.91 Å². The lowest BCUT2D eigenvalue weighted by Crippen LogP contribution is -2.35. The van der Waals surface area contributed by atoms with Gasteiger partial charge in [-0.2, -0.15) is 5.10 Å². The monoisotopic (exact) mass is 355 g/mol. The summed E-state index contributed by atoms with van der Waals surface area (Å²) in [6, 6.07) is 10.7. The zero-order chi connectivity index (χ0) is 18.5. The van der Waals surface area contributed by atoms with Gasteiger partial charge in [0.05, 0.1) is 12.1 Å². The second-order valence-electron chi connectivity index (χ2n) is 7.28. The van der Waals surface area contributed by atoms with Gasteiger partial charge in [-0.15, -0.1) is 0 Å². The Morgan fingerprint density at radius 1 is 1.35 bits per heavy atom. The fourth-order valence-electron chi connectivity index (χ4n) is 3.39. The van der Waals surface area contributed by atoms with E-state index in [4.69, 9.17) is 0 Å². The Kier molecular flexibility index (Phi) is 6.06. The summed E-state index contributed by atoms with van der Waals surface area (Å²) in [6.45, 7) is 4.61. The lowest BCUT2D eigenvalue weighted by Gasteiger charge is -2.25. The van der Waals surface area contributed by atoms with Gasteiger partial charge in [-0.1, -0.05) is 29.8 Å². The molecule has 1 aromatic heterocycles. The molecule has 0 radical (unpaired) electrons. The molecule has 1 aliphatic rings. The largest absolute Gasteiger partial charge is 0.349 e. The Morgan fingerprint density at radius 3 is 2.77 bits per heavy atom. The number of benzene rings is 1. The van der Waals surface area contributed by atoms with Crippen LogP contribution in [0.2, 0.25) is 0 Å². The number of aromatic nitrogens is 2. The fraction of sp³-hybridized carbons (Fsp3) is 0.500. The Labute approximate surface area is 155 Å². The molecule has 1 fully saturated rings. The molecule has 0 bridgehead atoms. The van der Waals surface area contributed by atoms with E-state index >= 15 is 0 Å². The molecule has 0 saturated carbocycles. The topological polar surface area (TPSA) is 62.2 Å². The normalized spacial score (nSPS) is 18.7. The SMILES string of the molecule is Cc1ccc(C(CNC(=O)c2ccn(C3CCCNC3)n2)N(C)C)cc1. The molecule has 140 valence electrons. The quantitative estimate of drug-likeness (QED) is 0.833. The fourth-order valence-corrected chi connectivity index (χ4v) is 3.39. The van der Waals surface area contributed by atoms with Crippen molar-refractivity contribution in [1.29, 1.82) is 0 Å². The van der Waals surface area contributed by atoms with Gasteiger partial charge in [0, 0.05) is 19.3 Å². The summed E-state index contributed by atoms with van der Waals surface area (Å²) < 4.78 is 1.92. The Balaban J connectivity index is 1.61. The number of piperidine rings is 1. The van der Waals surface area contributed by atoms with Gasteiger partial charge in [0.2, 0.25) is 0 Å². The van der Waals surface area contributed by atoms with Crippen LogP contribution in [0.15, 0.2) is 36.5 Å². The molecule has 1 amide bonds. The van der Waals surface area contributed by atoms with Crippen LogP contribution in [0.25, 0.3) is 0 Å². The average Bonchev–Trinajstić information content (AvgIpc) is 3.14. The third-order valence-electron chi connectivity index (χ3n) is 5.03. The maximum Gasteiger partial charge on any atom is 0.271 e. The number of amides is 1. The summed E-state index contributed by atoms with van der Waals surface area (Å²) in [5.74, 6) is -0.119. The second-order valence-corrected chi connectivity index (χ2v) is 7.28. The molecule has 3 rings (SSSR count). The van der Waals surface area contributed by atoms with E-state index in [0.717, 1.165) is 25.9 Å². The molecule has 26 heavy (non-hydrogen) atoms. The van der Waals surface area contributed by atoms with Gasteiger partial charge in [0.1, 0.15) is 5.69 Å². The molecule has 0 spiro atoms. The highest BCUT2D eigenvalue weighted by atomic mass is 16.1. The van der Waals surface area contributed by atoms with Crippen LogP contribution in [0, 0.1) is 6.92 Å². The number of rotatable bonds is 6. The summed E-state index contributed by atoms with van der Waals surface area (Å²) >= 11 is 0. The summed E-state index contributed by atoms with van der Waals surface area (Å²) in [5.41, 5.74) is 2.91. The van der Waals surface area contributed by atoms with Crippen LogP contribution in [-0.4, -0.2) is 54.3 Å². The van der Waals surface area contributed by atoms with Gasteiger partial charge < -0.3 is 15.5 Å². The third-order valence-corrected chi connectivity index (χ3v) is 5.03. The van der Waals surface area contributed by atoms with Crippen molar-refractivity contribution in [2.45, 2.75) is 31.8 Å². The molecule has 2 unspecified atom stereocenters. The number of nitrogens with one attached hydrogen (secondary N) is 2. The van der Waals surface area contributed by atoms with Crippen molar-refractivity contribution < 1.29 is 4.79 Å². The molecule has 1 saturated heterocycles. The van der Waals surface area contributed by atoms with Gasteiger partial charge >= 0.3 is 0 Å². The zero-order valence-electron chi connectivity index (χ0n) is 15.9. The van der Waals surface area contributed by atoms with Crippen LogP contribution in [0.1, 0.15) is 46.5 Å². The molecular formula is C20H29N5O. The molecule has 2 N–H and O–H groups in total. The van der Waals surface area contributed by atoms with Crippen LogP contribution in [0.4, 0.5) is 0 Å². The first-order valence-electron chi connectivity index (χ1n) is 9.31. The maximum absolute atomic E-state index is 12.5. The summed E-state index contributed by atoms with van der Waals surface area (Å²) in [7, 11) is 4.06. The number of aryl methyl sites for hydroxylation is 1.